The molecule has 0 bridgehead atoms. The summed E-state index contributed by atoms with van der Waals surface area (Å²) >= 11 is 0. The number of nitrogens with one attached hydrogen (secondary N) is 1. The highest BCUT2D eigenvalue weighted by atomic mass is 16.4. The molecular weight excluding hydrogens is 292 g/mol. The van der Waals surface area contributed by atoms with Crippen LogP contribution in [0.3, 0.4) is 0 Å². The topological polar surface area (TPSA) is 101 Å². The maximum atomic E-state index is 11.3. The van der Waals surface area contributed by atoms with Gasteiger partial charge in [-0.2, -0.15) is 4.98 Å². The number of hydrogen-bond donors (Lipinski definition) is 3. The van der Waals surface area contributed by atoms with Crippen LogP contribution in [0.1, 0.15) is 10.4 Å². The Morgan fingerprint density at radius 3 is 2.39 bits per heavy atom. The standard InChI is InChI=1S/C17H14N4O2/c18-15-14(12-8-4-5-9-13(12)16(22)23)10-19-17(21-15)20-11-6-2-1-3-7-11/h1-10H,(H,22,23)(H3,18,19,20,21). The zero-order chi connectivity index (χ0) is 16.2. The summed E-state index contributed by atoms with van der Waals surface area (Å²) in [5, 5.41) is 12.3. The lowest BCUT2D eigenvalue weighted by molar-refractivity contribution is 0.0698. The van der Waals surface area contributed by atoms with E-state index in [9.17, 15) is 9.90 Å². The van der Waals surface area contributed by atoms with Gasteiger partial charge in [0, 0.05) is 23.0 Å². The SMILES string of the molecule is Nc1nc(Nc2ccccc2)ncc1-c1ccccc1C(=O)O. The number of carbonyl (C=O) groups is 1. The van der Waals surface area contributed by atoms with Gasteiger partial charge in [0.1, 0.15) is 5.82 Å². The largest absolute Gasteiger partial charge is 0.478 e. The Balaban J connectivity index is 1.96. The predicted octanol–water partition coefficient (Wildman–Crippen LogP) is 3.17. The maximum absolute atomic E-state index is 11.3. The quantitative estimate of drug-likeness (QED) is 0.684. The monoisotopic (exact) mass is 306 g/mol. The van der Waals surface area contributed by atoms with Crippen LogP contribution in [-0.4, -0.2) is 21.0 Å². The fourth-order valence-corrected chi connectivity index (χ4v) is 2.22. The van der Waals surface area contributed by atoms with Crippen LogP contribution >= 0.6 is 0 Å². The zero-order valence-corrected chi connectivity index (χ0v) is 12.1. The number of carboxylic acid groups (broad SMARTS) is 1. The van der Waals surface area contributed by atoms with Gasteiger partial charge in [0.05, 0.1) is 5.56 Å². The molecule has 0 saturated heterocycles. The van der Waals surface area contributed by atoms with Crippen molar-refractivity contribution in [1.82, 2.24) is 9.97 Å². The van der Waals surface area contributed by atoms with Crippen molar-refractivity contribution in [2.24, 2.45) is 0 Å². The summed E-state index contributed by atoms with van der Waals surface area (Å²) in [7, 11) is 0. The van der Waals surface area contributed by atoms with E-state index < -0.39 is 5.97 Å². The summed E-state index contributed by atoms with van der Waals surface area (Å²) in [4.78, 5) is 19.7. The lowest BCUT2D eigenvalue weighted by Gasteiger charge is -2.10. The van der Waals surface area contributed by atoms with Crippen molar-refractivity contribution in [1.29, 1.82) is 0 Å². The Bertz CT molecular complexity index is 850. The van der Waals surface area contributed by atoms with Crippen molar-refractivity contribution >= 4 is 23.4 Å². The number of para-hydroxylation sites is 1. The maximum Gasteiger partial charge on any atom is 0.336 e. The lowest BCUT2D eigenvalue weighted by Crippen LogP contribution is -2.05. The minimum absolute atomic E-state index is 0.159. The van der Waals surface area contributed by atoms with Crippen LogP contribution in [0.2, 0.25) is 0 Å². The fourth-order valence-electron chi connectivity index (χ4n) is 2.22. The third-order valence-electron chi connectivity index (χ3n) is 3.30. The summed E-state index contributed by atoms with van der Waals surface area (Å²) in [5.74, 6) is -0.455. The smallest absolute Gasteiger partial charge is 0.336 e. The Labute approximate surface area is 132 Å². The first-order chi connectivity index (χ1) is 11.1. The minimum atomic E-state index is -1.02. The molecule has 0 aliphatic rings. The number of aromatic carboxylic acids is 1. The van der Waals surface area contributed by atoms with Crippen molar-refractivity contribution in [3.8, 4) is 11.1 Å². The van der Waals surface area contributed by atoms with E-state index >= 15 is 0 Å². The number of rotatable bonds is 4. The number of hydrogen-bond acceptors (Lipinski definition) is 5. The molecule has 0 radical (unpaired) electrons. The van der Waals surface area contributed by atoms with Gasteiger partial charge in [-0.1, -0.05) is 36.4 Å². The molecule has 0 saturated carbocycles. The third-order valence-corrected chi connectivity index (χ3v) is 3.30. The molecule has 4 N–H and O–H groups in total. The second kappa shape index (κ2) is 6.15. The summed E-state index contributed by atoms with van der Waals surface area (Å²) in [5.41, 5.74) is 7.97. The van der Waals surface area contributed by atoms with Crippen LogP contribution in [0.4, 0.5) is 17.5 Å². The molecule has 114 valence electrons. The molecule has 0 fully saturated rings. The molecule has 3 aromatic rings. The second-order valence-corrected chi connectivity index (χ2v) is 4.83. The first kappa shape index (κ1) is 14.5. The van der Waals surface area contributed by atoms with Crippen LogP contribution in [0, 0.1) is 0 Å². The average Bonchev–Trinajstić information content (AvgIpc) is 2.56. The van der Waals surface area contributed by atoms with Crippen LogP contribution < -0.4 is 11.1 Å². The molecule has 2 aromatic carbocycles. The van der Waals surface area contributed by atoms with Crippen LogP contribution in [0.5, 0.6) is 0 Å². The normalized spacial score (nSPS) is 10.3. The molecule has 0 spiro atoms. The first-order valence-electron chi connectivity index (χ1n) is 6.92. The molecule has 6 nitrogen and oxygen atoms in total. The van der Waals surface area contributed by atoms with Gasteiger partial charge in [-0.25, -0.2) is 9.78 Å². The minimum Gasteiger partial charge on any atom is -0.478 e. The Morgan fingerprint density at radius 2 is 1.70 bits per heavy atom. The van der Waals surface area contributed by atoms with Gasteiger partial charge in [-0.3, -0.25) is 0 Å². The van der Waals surface area contributed by atoms with Gasteiger partial charge in [0.2, 0.25) is 5.95 Å². The number of benzene rings is 2. The molecule has 3 rings (SSSR count). The first-order valence-corrected chi connectivity index (χ1v) is 6.92. The number of carboxylic acids is 1. The number of nitrogens with two attached hydrogens (primary N) is 1. The van der Waals surface area contributed by atoms with Gasteiger partial charge in [-0.15, -0.1) is 0 Å². The van der Waals surface area contributed by atoms with Crippen LogP contribution in [0.15, 0.2) is 60.8 Å². The number of aromatic nitrogens is 2. The third kappa shape index (κ3) is 3.11. The van der Waals surface area contributed by atoms with Crippen molar-refractivity contribution in [2.45, 2.75) is 0 Å². The number of nitrogens with zero attached hydrogens (tertiary/aromatic N) is 2. The average molecular weight is 306 g/mol. The van der Waals surface area contributed by atoms with Gasteiger partial charge in [-0.05, 0) is 18.2 Å². The van der Waals surface area contributed by atoms with E-state index in [0.717, 1.165) is 5.69 Å². The molecule has 0 aliphatic heterocycles. The van der Waals surface area contributed by atoms with Crippen molar-refractivity contribution in [3.63, 3.8) is 0 Å². The Kier molecular flexibility index (Phi) is 3.88. The highest BCUT2D eigenvalue weighted by Gasteiger charge is 2.14. The summed E-state index contributed by atoms with van der Waals surface area (Å²) in [6.45, 7) is 0. The molecule has 23 heavy (non-hydrogen) atoms. The highest BCUT2D eigenvalue weighted by molar-refractivity contribution is 5.97. The van der Waals surface area contributed by atoms with Gasteiger partial charge >= 0.3 is 5.97 Å². The van der Waals surface area contributed by atoms with Crippen LogP contribution in [0.25, 0.3) is 11.1 Å². The predicted molar refractivity (Wildman–Crippen MR) is 88.6 cm³/mol. The van der Waals surface area contributed by atoms with Crippen LogP contribution in [-0.2, 0) is 0 Å². The molecular formula is C17H14N4O2. The zero-order valence-electron chi connectivity index (χ0n) is 12.1. The highest BCUT2D eigenvalue weighted by Crippen LogP contribution is 2.28. The summed E-state index contributed by atoms with van der Waals surface area (Å²) in [6, 6.07) is 16.1. The van der Waals surface area contributed by atoms with Crippen molar-refractivity contribution in [3.05, 3.63) is 66.4 Å². The van der Waals surface area contributed by atoms with E-state index in [1.54, 1.807) is 18.2 Å². The molecule has 0 amide bonds. The fraction of sp³-hybridized carbons (Fsp3) is 0. The molecule has 6 heteroatoms. The van der Waals surface area contributed by atoms with Gasteiger partial charge < -0.3 is 16.2 Å². The lowest BCUT2D eigenvalue weighted by atomic mass is 10.0. The van der Waals surface area contributed by atoms with Gasteiger partial charge in [0.25, 0.3) is 0 Å². The Morgan fingerprint density at radius 1 is 1.00 bits per heavy atom. The van der Waals surface area contributed by atoms with E-state index in [1.807, 2.05) is 30.3 Å². The van der Waals surface area contributed by atoms with E-state index in [2.05, 4.69) is 15.3 Å². The summed E-state index contributed by atoms with van der Waals surface area (Å²) < 4.78 is 0. The number of nitrogen functional groups attached to an aromatic ring is 1. The van der Waals surface area contributed by atoms with Gasteiger partial charge in [0.15, 0.2) is 0 Å². The van der Waals surface area contributed by atoms with Crippen molar-refractivity contribution < 1.29 is 9.90 Å². The molecule has 0 atom stereocenters. The molecule has 0 unspecified atom stereocenters. The molecule has 1 heterocycles. The number of anilines is 3. The van der Waals surface area contributed by atoms with Crippen molar-refractivity contribution in [2.75, 3.05) is 11.1 Å². The Hall–Kier alpha value is -3.41. The molecule has 0 aliphatic carbocycles. The van der Waals surface area contributed by atoms with E-state index in [4.69, 9.17) is 5.73 Å². The second-order valence-electron chi connectivity index (χ2n) is 4.83. The van der Waals surface area contributed by atoms with E-state index in [-0.39, 0.29) is 11.4 Å². The van der Waals surface area contributed by atoms with E-state index in [0.29, 0.717) is 17.1 Å². The van der Waals surface area contributed by atoms with E-state index in [1.165, 1.54) is 12.3 Å². The molecule has 1 aromatic heterocycles. The summed E-state index contributed by atoms with van der Waals surface area (Å²) in [6.07, 6.45) is 1.52.